The summed E-state index contributed by atoms with van der Waals surface area (Å²) in [5, 5.41) is 9.16. The SMILES string of the molecule is COc1ccccc1[C@H]1CC(c2cccs2)=NN1c1ccc(Br)cc1. The minimum absolute atomic E-state index is 0.120. The largest absolute Gasteiger partial charge is 0.496 e. The van der Waals surface area contributed by atoms with Crippen molar-refractivity contribution in [1.29, 1.82) is 0 Å². The van der Waals surface area contributed by atoms with Gasteiger partial charge < -0.3 is 4.74 Å². The van der Waals surface area contributed by atoms with Gasteiger partial charge in [0.1, 0.15) is 5.75 Å². The predicted molar refractivity (Wildman–Crippen MR) is 108 cm³/mol. The van der Waals surface area contributed by atoms with Crippen LogP contribution in [0.4, 0.5) is 5.69 Å². The molecule has 1 aliphatic heterocycles. The molecule has 0 saturated heterocycles. The van der Waals surface area contributed by atoms with Crippen LogP contribution >= 0.6 is 27.3 Å². The van der Waals surface area contributed by atoms with Gasteiger partial charge >= 0.3 is 0 Å². The van der Waals surface area contributed by atoms with Crippen LogP contribution in [0.3, 0.4) is 0 Å². The second-order valence-electron chi connectivity index (χ2n) is 5.81. The van der Waals surface area contributed by atoms with E-state index < -0.39 is 0 Å². The van der Waals surface area contributed by atoms with Crippen molar-refractivity contribution in [2.75, 3.05) is 12.1 Å². The summed E-state index contributed by atoms with van der Waals surface area (Å²) in [6.07, 6.45) is 0.858. The van der Waals surface area contributed by atoms with E-state index in [-0.39, 0.29) is 6.04 Å². The number of hydrogen-bond donors (Lipinski definition) is 0. The maximum absolute atomic E-state index is 5.60. The van der Waals surface area contributed by atoms with E-state index in [1.807, 2.05) is 24.3 Å². The number of benzene rings is 2. The molecule has 0 fully saturated rings. The Labute approximate surface area is 159 Å². The Morgan fingerprint density at radius 2 is 1.88 bits per heavy atom. The molecule has 3 aromatic rings. The van der Waals surface area contributed by atoms with E-state index in [0.29, 0.717) is 0 Å². The maximum Gasteiger partial charge on any atom is 0.124 e. The minimum atomic E-state index is 0.120. The summed E-state index contributed by atoms with van der Waals surface area (Å²) >= 11 is 5.24. The van der Waals surface area contributed by atoms with E-state index in [0.717, 1.165) is 33.6 Å². The van der Waals surface area contributed by atoms with Crippen molar-refractivity contribution >= 4 is 38.7 Å². The zero-order chi connectivity index (χ0) is 17.2. The van der Waals surface area contributed by atoms with Crippen LogP contribution in [0.25, 0.3) is 0 Å². The molecule has 3 nitrogen and oxygen atoms in total. The zero-order valence-corrected chi connectivity index (χ0v) is 16.1. The number of thiophene rings is 1. The number of hydrazone groups is 1. The quantitative estimate of drug-likeness (QED) is 0.534. The van der Waals surface area contributed by atoms with Crippen LogP contribution in [-0.4, -0.2) is 12.8 Å². The van der Waals surface area contributed by atoms with Crippen LogP contribution in [0.5, 0.6) is 5.75 Å². The van der Waals surface area contributed by atoms with Gasteiger partial charge in [-0.15, -0.1) is 11.3 Å². The molecule has 0 saturated carbocycles. The highest BCUT2D eigenvalue weighted by molar-refractivity contribution is 9.10. The topological polar surface area (TPSA) is 24.8 Å². The van der Waals surface area contributed by atoms with Crippen molar-refractivity contribution in [3.8, 4) is 5.75 Å². The third kappa shape index (κ3) is 3.22. The standard InChI is InChI=1S/C20H17BrN2OS/c1-24-19-6-3-2-5-16(19)18-13-17(20-7-4-12-25-20)22-23(18)15-10-8-14(21)9-11-15/h2-12,18H,13H2,1H3/t18-/m1/s1. The summed E-state index contributed by atoms with van der Waals surface area (Å²) in [7, 11) is 1.72. The van der Waals surface area contributed by atoms with E-state index in [4.69, 9.17) is 9.84 Å². The lowest BCUT2D eigenvalue weighted by atomic mass is 10.00. The Morgan fingerprint density at radius 3 is 2.60 bits per heavy atom. The van der Waals surface area contributed by atoms with Gasteiger partial charge in [0, 0.05) is 16.5 Å². The van der Waals surface area contributed by atoms with Gasteiger partial charge in [0.05, 0.1) is 29.4 Å². The van der Waals surface area contributed by atoms with Gasteiger partial charge in [0.15, 0.2) is 0 Å². The van der Waals surface area contributed by atoms with Crippen molar-refractivity contribution in [2.24, 2.45) is 5.10 Å². The maximum atomic E-state index is 5.60. The fourth-order valence-electron chi connectivity index (χ4n) is 3.12. The van der Waals surface area contributed by atoms with Gasteiger partial charge in [-0.25, -0.2) is 0 Å². The first-order chi connectivity index (χ1) is 12.3. The summed E-state index contributed by atoms with van der Waals surface area (Å²) in [4.78, 5) is 1.22. The van der Waals surface area contributed by atoms with E-state index >= 15 is 0 Å². The molecule has 0 bridgehead atoms. The highest BCUT2D eigenvalue weighted by Crippen LogP contribution is 2.40. The number of para-hydroxylation sites is 1. The smallest absolute Gasteiger partial charge is 0.124 e. The van der Waals surface area contributed by atoms with Crippen LogP contribution < -0.4 is 9.75 Å². The molecule has 1 aromatic heterocycles. The van der Waals surface area contributed by atoms with Crippen LogP contribution in [0.2, 0.25) is 0 Å². The van der Waals surface area contributed by atoms with Crippen molar-refractivity contribution in [3.05, 3.63) is 81.0 Å². The summed E-state index contributed by atoms with van der Waals surface area (Å²) in [6.45, 7) is 0. The summed E-state index contributed by atoms with van der Waals surface area (Å²) in [5.74, 6) is 0.900. The Kier molecular flexibility index (Phi) is 4.59. The van der Waals surface area contributed by atoms with Crippen LogP contribution in [0.15, 0.2) is 75.6 Å². The average molecular weight is 413 g/mol. The van der Waals surface area contributed by atoms with E-state index in [1.165, 1.54) is 4.88 Å². The second kappa shape index (κ2) is 7.02. The fraction of sp³-hybridized carbons (Fsp3) is 0.150. The first-order valence-corrected chi connectivity index (χ1v) is 9.72. The van der Waals surface area contributed by atoms with Crippen LogP contribution in [0.1, 0.15) is 22.9 Å². The molecule has 25 heavy (non-hydrogen) atoms. The van der Waals surface area contributed by atoms with Crippen molar-refractivity contribution in [3.63, 3.8) is 0 Å². The van der Waals surface area contributed by atoms with Gasteiger partial charge in [-0.3, -0.25) is 5.01 Å². The number of methoxy groups -OCH3 is 1. The first kappa shape index (κ1) is 16.4. The number of hydrogen-bond acceptors (Lipinski definition) is 4. The van der Waals surface area contributed by atoms with Crippen molar-refractivity contribution in [2.45, 2.75) is 12.5 Å². The average Bonchev–Trinajstić information content (AvgIpc) is 3.32. The van der Waals surface area contributed by atoms with Gasteiger partial charge in [-0.2, -0.15) is 5.10 Å². The lowest BCUT2D eigenvalue weighted by Crippen LogP contribution is -2.19. The van der Waals surface area contributed by atoms with Crippen LogP contribution in [0, 0.1) is 0 Å². The molecule has 0 amide bonds. The van der Waals surface area contributed by atoms with Crippen LogP contribution in [-0.2, 0) is 0 Å². The van der Waals surface area contributed by atoms with E-state index in [2.05, 4.69) is 62.7 Å². The summed E-state index contributed by atoms with van der Waals surface area (Å²) in [5.41, 5.74) is 3.35. The van der Waals surface area contributed by atoms with Crippen molar-refractivity contribution < 1.29 is 4.74 Å². The predicted octanol–water partition coefficient (Wildman–Crippen LogP) is 5.87. The zero-order valence-electron chi connectivity index (χ0n) is 13.7. The highest BCUT2D eigenvalue weighted by atomic mass is 79.9. The summed E-state index contributed by atoms with van der Waals surface area (Å²) in [6, 6.07) is 20.8. The molecule has 2 aromatic carbocycles. The molecule has 0 aliphatic carbocycles. The lowest BCUT2D eigenvalue weighted by Gasteiger charge is -2.25. The third-order valence-corrected chi connectivity index (χ3v) is 5.75. The Bertz CT molecular complexity index is 890. The Hall–Kier alpha value is -2.11. The monoisotopic (exact) mass is 412 g/mol. The molecule has 0 spiro atoms. The highest BCUT2D eigenvalue weighted by Gasteiger charge is 2.32. The van der Waals surface area contributed by atoms with E-state index in [9.17, 15) is 0 Å². The lowest BCUT2D eigenvalue weighted by molar-refractivity contribution is 0.405. The Balaban J connectivity index is 1.78. The first-order valence-electron chi connectivity index (χ1n) is 8.05. The van der Waals surface area contributed by atoms with E-state index in [1.54, 1.807) is 18.4 Å². The molecule has 126 valence electrons. The molecule has 0 radical (unpaired) electrons. The second-order valence-corrected chi connectivity index (χ2v) is 7.67. The van der Waals surface area contributed by atoms with Gasteiger partial charge in [0.25, 0.3) is 0 Å². The minimum Gasteiger partial charge on any atom is -0.496 e. The number of rotatable bonds is 4. The molecule has 2 heterocycles. The van der Waals surface area contributed by atoms with Gasteiger partial charge in [-0.1, -0.05) is 40.2 Å². The Morgan fingerprint density at radius 1 is 1.08 bits per heavy atom. The normalized spacial score (nSPS) is 16.8. The molecule has 5 heteroatoms. The molecular weight excluding hydrogens is 396 g/mol. The molecule has 4 rings (SSSR count). The summed E-state index contributed by atoms with van der Waals surface area (Å²) < 4.78 is 6.67. The molecule has 1 aliphatic rings. The number of halogens is 1. The molecular formula is C20H17BrN2OS. The van der Waals surface area contributed by atoms with Crippen molar-refractivity contribution in [1.82, 2.24) is 0 Å². The number of anilines is 1. The fourth-order valence-corrected chi connectivity index (χ4v) is 4.10. The number of ether oxygens (including phenoxy) is 1. The van der Waals surface area contributed by atoms with Gasteiger partial charge in [-0.05, 0) is 41.8 Å². The molecule has 1 atom stereocenters. The number of nitrogens with zero attached hydrogens (tertiary/aromatic N) is 2. The molecule has 0 N–H and O–H groups in total. The van der Waals surface area contributed by atoms with Gasteiger partial charge in [0.2, 0.25) is 0 Å². The third-order valence-electron chi connectivity index (χ3n) is 4.31. The molecule has 0 unspecified atom stereocenters.